The summed E-state index contributed by atoms with van der Waals surface area (Å²) < 4.78 is 6.18. The van der Waals surface area contributed by atoms with Crippen molar-refractivity contribution in [3.8, 4) is 5.75 Å². The van der Waals surface area contributed by atoms with Crippen LogP contribution >= 0.6 is 11.6 Å². The minimum absolute atomic E-state index is 0.312. The van der Waals surface area contributed by atoms with Gasteiger partial charge in [-0.3, -0.25) is 9.59 Å². The fourth-order valence-electron chi connectivity index (χ4n) is 4.02. The van der Waals surface area contributed by atoms with Crippen molar-refractivity contribution in [2.75, 3.05) is 0 Å². The van der Waals surface area contributed by atoms with Crippen molar-refractivity contribution < 1.29 is 14.3 Å². The van der Waals surface area contributed by atoms with Gasteiger partial charge in [0.25, 0.3) is 11.8 Å². The second kappa shape index (κ2) is 9.57. The number of fused-ring (bicyclic) bond motifs is 1. The van der Waals surface area contributed by atoms with Crippen LogP contribution < -0.4 is 4.74 Å². The number of hydrogen-bond donors (Lipinski definition) is 0. The number of benzene rings is 4. The molecule has 1 aliphatic heterocycles. The van der Waals surface area contributed by atoms with E-state index in [1.807, 2.05) is 24.3 Å². The summed E-state index contributed by atoms with van der Waals surface area (Å²) in [4.78, 5) is 25.9. The number of rotatable bonds is 5. The van der Waals surface area contributed by atoms with Crippen molar-refractivity contribution in [2.45, 2.75) is 13.5 Å². The Bertz CT molecular complexity index is 1500. The number of carbonyl (C=O) groups excluding carboxylic acids is 2. The largest absolute Gasteiger partial charge is 0.488 e. The normalized spacial score (nSPS) is 14.5. The van der Waals surface area contributed by atoms with Crippen molar-refractivity contribution >= 4 is 46.0 Å². The highest BCUT2D eigenvalue weighted by Crippen LogP contribution is 2.29. The third-order valence-electron chi connectivity index (χ3n) is 5.81. The van der Waals surface area contributed by atoms with Gasteiger partial charge in [0.2, 0.25) is 0 Å². The van der Waals surface area contributed by atoms with Crippen LogP contribution in [0.5, 0.6) is 5.75 Å². The number of hydrazone groups is 1. The van der Waals surface area contributed by atoms with Crippen LogP contribution in [0.15, 0.2) is 102 Å². The molecule has 1 aliphatic rings. The molecule has 0 atom stereocenters. The van der Waals surface area contributed by atoms with E-state index in [4.69, 9.17) is 16.3 Å². The zero-order valence-corrected chi connectivity index (χ0v) is 19.7. The smallest absolute Gasteiger partial charge is 0.283 e. The summed E-state index contributed by atoms with van der Waals surface area (Å²) in [6.07, 6.45) is 1.67. The molecule has 172 valence electrons. The Kier molecular flexibility index (Phi) is 6.17. The summed E-state index contributed by atoms with van der Waals surface area (Å²) in [6.45, 7) is 2.04. The van der Waals surface area contributed by atoms with Crippen molar-refractivity contribution in [1.29, 1.82) is 0 Å². The average molecular weight is 481 g/mol. The van der Waals surface area contributed by atoms with Crippen molar-refractivity contribution in [2.24, 2.45) is 5.10 Å². The Morgan fingerprint density at radius 1 is 0.971 bits per heavy atom. The maximum absolute atomic E-state index is 13.1. The minimum Gasteiger partial charge on any atom is -0.488 e. The Morgan fingerprint density at radius 3 is 2.54 bits per heavy atom. The topological polar surface area (TPSA) is 59.0 Å². The summed E-state index contributed by atoms with van der Waals surface area (Å²) in [7, 11) is 0. The van der Waals surface area contributed by atoms with Gasteiger partial charge < -0.3 is 4.74 Å². The molecular formula is C29H21ClN2O3. The van der Waals surface area contributed by atoms with Crippen LogP contribution in [-0.2, 0) is 11.4 Å². The third kappa shape index (κ3) is 4.59. The fraction of sp³-hybridized carbons (Fsp3) is 0.0690. The lowest BCUT2D eigenvalue weighted by Crippen LogP contribution is -2.29. The lowest BCUT2D eigenvalue weighted by atomic mass is 10.0. The van der Waals surface area contributed by atoms with Crippen molar-refractivity contribution in [1.82, 2.24) is 5.01 Å². The van der Waals surface area contributed by atoms with E-state index in [2.05, 4.69) is 23.3 Å². The highest BCUT2D eigenvalue weighted by atomic mass is 35.5. The van der Waals surface area contributed by atoms with Crippen LogP contribution in [0.2, 0.25) is 5.02 Å². The molecule has 4 aromatic carbocycles. The molecule has 0 radical (unpaired) electrons. The van der Waals surface area contributed by atoms with Crippen LogP contribution in [-0.4, -0.2) is 22.5 Å². The quantitative estimate of drug-likeness (QED) is 0.241. The molecule has 0 unspecified atom stereocenters. The standard InChI is InChI=1S/C29H21ClN2O3/c1-19-26(29(34)32(31-19)28(33)21-9-3-2-4-10-21)17-23-16-24(30)14-15-27(23)35-18-22-12-7-11-20-8-5-6-13-25(20)22/h2-17H,18H2,1H3/b26-17+. The Labute approximate surface area is 207 Å². The number of halogens is 1. The monoisotopic (exact) mass is 480 g/mol. The molecule has 0 aliphatic carbocycles. The summed E-state index contributed by atoms with van der Waals surface area (Å²) in [5, 5.41) is 7.87. The molecule has 5 rings (SSSR count). The average Bonchev–Trinajstić information content (AvgIpc) is 3.16. The fourth-order valence-corrected chi connectivity index (χ4v) is 4.20. The molecule has 0 saturated heterocycles. The molecule has 0 saturated carbocycles. The molecule has 0 bridgehead atoms. The first-order valence-corrected chi connectivity index (χ1v) is 11.5. The summed E-state index contributed by atoms with van der Waals surface area (Å²) in [6, 6.07) is 28.1. The number of nitrogens with zero attached hydrogens (tertiary/aromatic N) is 2. The maximum Gasteiger partial charge on any atom is 0.283 e. The molecule has 0 spiro atoms. The summed E-state index contributed by atoms with van der Waals surface area (Å²) >= 11 is 6.26. The molecular weight excluding hydrogens is 460 g/mol. The number of amides is 2. The van der Waals surface area contributed by atoms with Crippen molar-refractivity contribution in [3.63, 3.8) is 0 Å². The van der Waals surface area contributed by atoms with Gasteiger partial charge in [0, 0.05) is 16.1 Å². The highest BCUT2D eigenvalue weighted by Gasteiger charge is 2.33. The predicted molar refractivity (Wildman–Crippen MR) is 138 cm³/mol. The molecule has 5 nitrogen and oxygen atoms in total. The van der Waals surface area contributed by atoms with Gasteiger partial charge in [-0.15, -0.1) is 0 Å². The van der Waals surface area contributed by atoms with E-state index in [9.17, 15) is 9.59 Å². The Balaban J connectivity index is 1.43. The highest BCUT2D eigenvalue weighted by molar-refractivity contribution is 6.32. The van der Waals surface area contributed by atoms with Gasteiger partial charge in [0.1, 0.15) is 12.4 Å². The van der Waals surface area contributed by atoms with Gasteiger partial charge in [-0.2, -0.15) is 10.1 Å². The first-order valence-electron chi connectivity index (χ1n) is 11.1. The number of imide groups is 1. The van der Waals surface area contributed by atoms with Gasteiger partial charge >= 0.3 is 0 Å². The number of hydrogen-bond acceptors (Lipinski definition) is 4. The van der Waals surface area contributed by atoms with Crippen LogP contribution in [0.1, 0.15) is 28.4 Å². The molecule has 2 amide bonds. The van der Waals surface area contributed by atoms with E-state index in [-0.39, 0.29) is 0 Å². The Hall–Kier alpha value is -4.22. The number of carbonyl (C=O) groups is 2. The second-order valence-electron chi connectivity index (χ2n) is 8.14. The maximum atomic E-state index is 13.1. The van der Waals surface area contributed by atoms with E-state index in [1.54, 1.807) is 61.5 Å². The summed E-state index contributed by atoms with van der Waals surface area (Å²) in [5.74, 6) is -0.392. The van der Waals surface area contributed by atoms with E-state index >= 15 is 0 Å². The van der Waals surface area contributed by atoms with Crippen LogP contribution in [0.4, 0.5) is 0 Å². The third-order valence-corrected chi connectivity index (χ3v) is 6.05. The molecule has 0 N–H and O–H groups in total. The molecule has 0 fully saturated rings. The van der Waals surface area contributed by atoms with Gasteiger partial charge in [0.05, 0.1) is 11.3 Å². The summed E-state index contributed by atoms with van der Waals surface area (Å²) in [5.41, 5.74) is 2.82. The van der Waals surface area contributed by atoms with Crippen LogP contribution in [0, 0.1) is 0 Å². The van der Waals surface area contributed by atoms with Gasteiger partial charge in [-0.05, 0) is 59.7 Å². The van der Waals surface area contributed by atoms with Gasteiger partial charge in [-0.1, -0.05) is 72.3 Å². The van der Waals surface area contributed by atoms with E-state index < -0.39 is 11.8 Å². The lowest BCUT2D eigenvalue weighted by Gasteiger charge is -2.13. The minimum atomic E-state index is -0.490. The van der Waals surface area contributed by atoms with E-state index in [0.29, 0.717) is 39.8 Å². The molecule has 4 aromatic rings. The van der Waals surface area contributed by atoms with E-state index in [1.165, 1.54) is 0 Å². The molecule has 6 heteroatoms. The molecule has 0 aromatic heterocycles. The molecule has 35 heavy (non-hydrogen) atoms. The van der Waals surface area contributed by atoms with Gasteiger partial charge in [0.15, 0.2) is 0 Å². The number of ether oxygens (including phenoxy) is 1. The zero-order valence-electron chi connectivity index (χ0n) is 18.9. The zero-order chi connectivity index (χ0) is 24.4. The second-order valence-corrected chi connectivity index (χ2v) is 8.58. The Morgan fingerprint density at radius 2 is 1.71 bits per heavy atom. The van der Waals surface area contributed by atoms with Gasteiger partial charge in [-0.25, -0.2) is 0 Å². The predicted octanol–water partition coefficient (Wildman–Crippen LogP) is 6.51. The van der Waals surface area contributed by atoms with Crippen molar-refractivity contribution in [3.05, 3.63) is 118 Å². The van der Waals surface area contributed by atoms with Crippen LogP contribution in [0.3, 0.4) is 0 Å². The SMILES string of the molecule is CC1=NN(C(=O)c2ccccc2)C(=O)/C1=C/c1cc(Cl)ccc1OCc1cccc2ccccc12. The first-order chi connectivity index (χ1) is 17.0. The first kappa shape index (κ1) is 22.6. The van der Waals surface area contributed by atoms with E-state index in [0.717, 1.165) is 21.3 Å². The van der Waals surface area contributed by atoms with Crippen LogP contribution in [0.25, 0.3) is 16.8 Å². The lowest BCUT2D eigenvalue weighted by molar-refractivity contribution is -0.123. The molecule has 1 heterocycles.